The molecule has 0 atom stereocenters. The molecule has 29 heavy (non-hydrogen) atoms. The van der Waals surface area contributed by atoms with Gasteiger partial charge in [-0.3, -0.25) is 4.79 Å². The number of halogens is 2. The number of aromatic nitrogens is 2. The number of hydrogen-bond donors (Lipinski definition) is 1. The second kappa shape index (κ2) is 8.01. The van der Waals surface area contributed by atoms with Crippen molar-refractivity contribution in [1.82, 2.24) is 9.55 Å². The number of alkyl halides is 2. The van der Waals surface area contributed by atoms with Crippen LogP contribution in [0, 0.1) is 6.92 Å². The highest BCUT2D eigenvalue weighted by Gasteiger charge is 2.37. The molecule has 160 valence electrons. The Hall–Kier alpha value is -2.02. The molecule has 1 heterocycles. The fraction of sp³-hybridized carbons (Fsp3) is 0.636. The number of carbonyl (C=O) groups excluding carboxylic acids is 1. The molecule has 1 aliphatic rings. The van der Waals surface area contributed by atoms with E-state index < -0.39 is 12.2 Å². The molecule has 0 bridgehead atoms. The Balaban J connectivity index is 1.90. The van der Waals surface area contributed by atoms with Crippen LogP contribution in [0.2, 0.25) is 0 Å². The van der Waals surface area contributed by atoms with Gasteiger partial charge >= 0.3 is 6.61 Å². The van der Waals surface area contributed by atoms with E-state index in [1.165, 1.54) is 0 Å². The SMILES string of the molecule is Cc1c(OC(F)F)ccc2nc(CCCC(=O)CC(C)(C)O)n(C3(C)CCC3)c12. The average molecular weight is 408 g/mol. The lowest BCUT2D eigenvalue weighted by Gasteiger charge is -2.41. The average Bonchev–Trinajstić information content (AvgIpc) is 2.93. The first kappa shape index (κ1) is 21.7. The Kier molecular flexibility index (Phi) is 5.99. The summed E-state index contributed by atoms with van der Waals surface area (Å²) in [6.45, 7) is 4.34. The lowest BCUT2D eigenvalue weighted by molar-refractivity contribution is -0.122. The minimum Gasteiger partial charge on any atom is -0.434 e. The number of nitrogens with zero attached hydrogens (tertiary/aromatic N) is 2. The number of rotatable bonds is 9. The third kappa shape index (κ3) is 4.77. The molecule has 1 saturated carbocycles. The van der Waals surface area contributed by atoms with Crippen LogP contribution in [0.1, 0.15) is 70.7 Å². The Morgan fingerprint density at radius 2 is 2.07 bits per heavy atom. The molecule has 0 saturated heterocycles. The molecule has 1 aliphatic carbocycles. The smallest absolute Gasteiger partial charge is 0.387 e. The number of aliphatic hydroxyl groups is 1. The van der Waals surface area contributed by atoms with Crippen LogP contribution < -0.4 is 4.74 Å². The number of fused-ring (bicyclic) bond motifs is 1. The number of aryl methyl sites for hydroxylation is 2. The number of imidazole rings is 1. The fourth-order valence-electron chi connectivity index (χ4n) is 4.26. The minimum absolute atomic E-state index is 0.0267. The zero-order chi connectivity index (χ0) is 21.4. The van der Waals surface area contributed by atoms with Crippen LogP contribution in [-0.4, -0.2) is 32.7 Å². The molecular formula is C22H30F2N2O3. The molecule has 2 aromatic rings. The van der Waals surface area contributed by atoms with Gasteiger partial charge in [-0.05, 0) is 65.5 Å². The molecule has 0 aliphatic heterocycles. The zero-order valence-electron chi connectivity index (χ0n) is 17.6. The van der Waals surface area contributed by atoms with E-state index in [1.807, 2.05) is 0 Å². The molecule has 0 radical (unpaired) electrons. The van der Waals surface area contributed by atoms with Crippen molar-refractivity contribution in [2.75, 3.05) is 0 Å². The second-order valence-corrected chi connectivity index (χ2v) is 9.03. The highest BCUT2D eigenvalue weighted by molar-refractivity contribution is 5.83. The quantitative estimate of drug-likeness (QED) is 0.641. The fourth-order valence-corrected chi connectivity index (χ4v) is 4.26. The van der Waals surface area contributed by atoms with E-state index in [4.69, 9.17) is 9.72 Å². The van der Waals surface area contributed by atoms with Crippen LogP contribution in [-0.2, 0) is 16.8 Å². The summed E-state index contributed by atoms with van der Waals surface area (Å²) in [4.78, 5) is 16.9. The lowest BCUT2D eigenvalue weighted by atomic mass is 9.78. The van der Waals surface area contributed by atoms with Gasteiger partial charge < -0.3 is 14.4 Å². The monoisotopic (exact) mass is 408 g/mol. The minimum atomic E-state index is -2.87. The van der Waals surface area contributed by atoms with Crippen LogP contribution in [0.25, 0.3) is 11.0 Å². The van der Waals surface area contributed by atoms with Gasteiger partial charge in [0, 0.05) is 30.4 Å². The zero-order valence-corrected chi connectivity index (χ0v) is 17.6. The summed E-state index contributed by atoms with van der Waals surface area (Å²) >= 11 is 0. The van der Waals surface area contributed by atoms with Gasteiger partial charge in [0.25, 0.3) is 0 Å². The number of ether oxygens (including phenoxy) is 1. The number of ketones is 1. The topological polar surface area (TPSA) is 64.3 Å². The summed E-state index contributed by atoms with van der Waals surface area (Å²) in [6, 6.07) is 3.27. The van der Waals surface area contributed by atoms with Crippen molar-refractivity contribution in [3.63, 3.8) is 0 Å². The second-order valence-electron chi connectivity index (χ2n) is 9.03. The molecule has 1 aromatic heterocycles. The van der Waals surface area contributed by atoms with Gasteiger partial charge in [-0.2, -0.15) is 8.78 Å². The summed E-state index contributed by atoms with van der Waals surface area (Å²) < 4.78 is 32.4. The van der Waals surface area contributed by atoms with Gasteiger partial charge in [-0.1, -0.05) is 0 Å². The molecule has 0 unspecified atom stereocenters. The van der Waals surface area contributed by atoms with E-state index in [1.54, 1.807) is 32.9 Å². The van der Waals surface area contributed by atoms with Crippen molar-refractivity contribution >= 4 is 16.8 Å². The summed E-state index contributed by atoms with van der Waals surface area (Å²) in [7, 11) is 0. The normalized spacial score (nSPS) is 16.3. The summed E-state index contributed by atoms with van der Waals surface area (Å²) in [5.41, 5.74) is 1.16. The van der Waals surface area contributed by atoms with Crippen LogP contribution in [0.3, 0.4) is 0 Å². The van der Waals surface area contributed by atoms with Gasteiger partial charge in [0.1, 0.15) is 17.4 Å². The summed E-state index contributed by atoms with van der Waals surface area (Å²) in [5.74, 6) is 1.07. The van der Waals surface area contributed by atoms with Crippen LogP contribution in [0.4, 0.5) is 8.78 Å². The molecule has 1 aromatic carbocycles. The Morgan fingerprint density at radius 1 is 1.38 bits per heavy atom. The van der Waals surface area contributed by atoms with Crippen molar-refractivity contribution in [2.45, 2.75) is 90.4 Å². The number of Topliss-reactive ketones (excluding diaryl/α,β-unsaturated/α-hetero) is 1. The van der Waals surface area contributed by atoms with Crippen molar-refractivity contribution in [3.8, 4) is 5.75 Å². The Labute approximate surface area is 170 Å². The van der Waals surface area contributed by atoms with Gasteiger partial charge in [0.15, 0.2) is 0 Å². The van der Waals surface area contributed by atoms with E-state index in [-0.39, 0.29) is 23.5 Å². The summed E-state index contributed by atoms with van der Waals surface area (Å²) in [5, 5.41) is 9.81. The molecule has 0 amide bonds. The molecule has 1 N–H and O–H groups in total. The van der Waals surface area contributed by atoms with Crippen LogP contribution in [0.15, 0.2) is 12.1 Å². The van der Waals surface area contributed by atoms with Gasteiger partial charge in [0.05, 0.1) is 16.6 Å². The van der Waals surface area contributed by atoms with Crippen molar-refractivity contribution in [2.24, 2.45) is 0 Å². The van der Waals surface area contributed by atoms with Gasteiger partial charge in [-0.25, -0.2) is 4.98 Å². The van der Waals surface area contributed by atoms with Crippen molar-refractivity contribution in [1.29, 1.82) is 0 Å². The van der Waals surface area contributed by atoms with Crippen LogP contribution >= 0.6 is 0 Å². The van der Waals surface area contributed by atoms with E-state index in [0.29, 0.717) is 24.8 Å². The first-order valence-electron chi connectivity index (χ1n) is 10.2. The lowest BCUT2D eigenvalue weighted by Crippen LogP contribution is -2.38. The van der Waals surface area contributed by atoms with Gasteiger partial charge in [-0.15, -0.1) is 0 Å². The standard InChI is InChI=1S/C22H30F2N2O3/c1-14-17(29-20(23)24)10-9-16-19(14)26(22(4)11-6-12-22)18(25-16)8-5-7-15(27)13-21(2,3)28/h9-10,20,28H,5-8,11-13H2,1-4H3. The number of hydrogen-bond acceptors (Lipinski definition) is 4. The first-order valence-corrected chi connectivity index (χ1v) is 10.2. The molecule has 1 fully saturated rings. The third-order valence-corrected chi connectivity index (χ3v) is 5.76. The number of carbonyl (C=O) groups is 1. The van der Waals surface area contributed by atoms with E-state index in [9.17, 15) is 18.7 Å². The Bertz CT molecular complexity index is 896. The van der Waals surface area contributed by atoms with Crippen molar-refractivity contribution in [3.05, 3.63) is 23.5 Å². The van der Waals surface area contributed by atoms with E-state index in [0.717, 1.165) is 36.1 Å². The molecule has 0 spiro atoms. The predicted octanol–water partition coefficient (Wildman–Crippen LogP) is 4.90. The highest BCUT2D eigenvalue weighted by Crippen LogP contribution is 2.43. The maximum Gasteiger partial charge on any atom is 0.387 e. The maximum absolute atomic E-state index is 12.8. The maximum atomic E-state index is 12.8. The molecule has 7 heteroatoms. The van der Waals surface area contributed by atoms with E-state index in [2.05, 4.69) is 11.5 Å². The van der Waals surface area contributed by atoms with E-state index >= 15 is 0 Å². The predicted molar refractivity (Wildman–Crippen MR) is 107 cm³/mol. The summed E-state index contributed by atoms with van der Waals surface area (Å²) in [6.07, 6.45) is 4.88. The van der Waals surface area contributed by atoms with Gasteiger partial charge in [0.2, 0.25) is 0 Å². The molecule has 5 nitrogen and oxygen atoms in total. The molecule has 3 rings (SSSR count). The highest BCUT2D eigenvalue weighted by atomic mass is 19.3. The number of benzene rings is 1. The van der Waals surface area contributed by atoms with Crippen molar-refractivity contribution < 1.29 is 23.4 Å². The Morgan fingerprint density at radius 3 is 2.62 bits per heavy atom. The first-order chi connectivity index (χ1) is 13.5. The van der Waals surface area contributed by atoms with Crippen LogP contribution in [0.5, 0.6) is 5.75 Å². The third-order valence-electron chi connectivity index (χ3n) is 5.76. The largest absolute Gasteiger partial charge is 0.434 e. The molecular weight excluding hydrogens is 378 g/mol.